The van der Waals surface area contributed by atoms with Crippen LogP contribution < -0.4 is 4.74 Å². The van der Waals surface area contributed by atoms with Crippen molar-refractivity contribution in [2.24, 2.45) is 5.92 Å². The number of aliphatic hydroxyl groups is 1. The van der Waals surface area contributed by atoms with Gasteiger partial charge in [0.25, 0.3) is 0 Å². The molecule has 2 heteroatoms. The van der Waals surface area contributed by atoms with Gasteiger partial charge in [-0.2, -0.15) is 0 Å². The molecule has 15 heavy (non-hydrogen) atoms. The average Bonchev–Trinajstić information content (AvgIpc) is 2.26. The highest BCUT2D eigenvalue weighted by Crippen LogP contribution is 2.14. The molecule has 1 unspecified atom stereocenters. The first-order valence-corrected chi connectivity index (χ1v) is 5.56. The molecule has 0 saturated carbocycles. The Labute approximate surface area is 91.9 Å². The van der Waals surface area contributed by atoms with Crippen molar-refractivity contribution in [1.29, 1.82) is 0 Å². The monoisotopic (exact) mass is 208 g/mol. The fraction of sp³-hybridized carbons (Fsp3) is 0.538. The first-order chi connectivity index (χ1) is 7.26. The van der Waals surface area contributed by atoms with E-state index in [0.717, 1.165) is 18.6 Å². The molecule has 0 spiro atoms. The molecule has 0 bridgehead atoms. The Balaban J connectivity index is 2.38. The minimum Gasteiger partial charge on any atom is -0.493 e. The van der Waals surface area contributed by atoms with Crippen molar-refractivity contribution in [3.8, 4) is 5.75 Å². The fourth-order valence-corrected chi connectivity index (χ4v) is 1.48. The molecule has 1 aromatic carbocycles. The van der Waals surface area contributed by atoms with Gasteiger partial charge in [0.2, 0.25) is 0 Å². The molecule has 0 amide bonds. The highest BCUT2D eigenvalue weighted by Gasteiger charge is 2.06. The molecule has 0 aliphatic heterocycles. The van der Waals surface area contributed by atoms with Gasteiger partial charge in [-0.25, -0.2) is 0 Å². The molecule has 0 aromatic heterocycles. The van der Waals surface area contributed by atoms with Crippen LogP contribution in [-0.2, 0) is 0 Å². The SMILES string of the molecule is CCCC(CO)COc1ccc(C)cc1. The van der Waals surface area contributed by atoms with Crippen molar-refractivity contribution >= 4 is 0 Å². The first-order valence-electron chi connectivity index (χ1n) is 5.56. The number of rotatable bonds is 6. The van der Waals surface area contributed by atoms with Gasteiger partial charge in [-0.05, 0) is 25.5 Å². The molecule has 0 saturated heterocycles. The van der Waals surface area contributed by atoms with Gasteiger partial charge in [-0.1, -0.05) is 31.0 Å². The highest BCUT2D eigenvalue weighted by atomic mass is 16.5. The highest BCUT2D eigenvalue weighted by molar-refractivity contribution is 5.26. The molecule has 0 aliphatic rings. The molecule has 1 N–H and O–H groups in total. The van der Waals surface area contributed by atoms with Crippen LogP contribution in [-0.4, -0.2) is 18.3 Å². The standard InChI is InChI=1S/C13H20O2/c1-3-4-12(9-14)10-15-13-7-5-11(2)6-8-13/h5-8,12,14H,3-4,9-10H2,1-2H3. The largest absolute Gasteiger partial charge is 0.493 e. The maximum atomic E-state index is 9.10. The van der Waals surface area contributed by atoms with Crippen LogP contribution >= 0.6 is 0 Å². The maximum absolute atomic E-state index is 9.10. The van der Waals surface area contributed by atoms with Gasteiger partial charge in [0.1, 0.15) is 5.75 Å². The van der Waals surface area contributed by atoms with Gasteiger partial charge in [0.05, 0.1) is 6.61 Å². The first kappa shape index (κ1) is 12.1. The molecular formula is C13H20O2. The van der Waals surface area contributed by atoms with Crippen molar-refractivity contribution in [1.82, 2.24) is 0 Å². The van der Waals surface area contributed by atoms with E-state index in [9.17, 15) is 0 Å². The van der Waals surface area contributed by atoms with Crippen molar-refractivity contribution < 1.29 is 9.84 Å². The smallest absolute Gasteiger partial charge is 0.119 e. The number of hydrogen-bond acceptors (Lipinski definition) is 2. The summed E-state index contributed by atoms with van der Waals surface area (Å²) in [4.78, 5) is 0. The lowest BCUT2D eigenvalue weighted by atomic mass is 10.1. The van der Waals surface area contributed by atoms with Crippen LogP contribution in [0.5, 0.6) is 5.75 Å². The van der Waals surface area contributed by atoms with Crippen LogP contribution in [0.3, 0.4) is 0 Å². The van der Waals surface area contributed by atoms with E-state index in [4.69, 9.17) is 9.84 Å². The minimum absolute atomic E-state index is 0.208. The van der Waals surface area contributed by atoms with Gasteiger partial charge in [0.15, 0.2) is 0 Å². The number of benzene rings is 1. The van der Waals surface area contributed by atoms with Gasteiger partial charge in [-0.15, -0.1) is 0 Å². The molecule has 0 radical (unpaired) electrons. The van der Waals surface area contributed by atoms with Gasteiger partial charge in [0, 0.05) is 12.5 Å². The molecule has 84 valence electrons. The fourth-order valence-electron chi connectivity index (χ4n) is 1.48. The maximum Gasteiger partial charge on any atom is 0.119 e. The minimum atomic E-state index is 0.208. The summed E-state index contributed by atoms with van der Waals surface area (Å²) in [6, 6.07) is 8.00. The van der Waals surface area contributed by atoms with Crippen LogP contribution in [0.15, 0.2) is 24.3 Å². The van der Waals surface area contributed by atoms with Crippen LogP contribution in [0, 0.1) is 12.8 Å². The molecule has 1 aromatic rings. The zero-order valence-corrected chi connectivity index (χ0v) is 9.57. The van der Waals surface area contributed by atoms with Crippen LogP contribution in [0.25, 0.3) is 0 Å². The Kier molecular flexibility index (Phi) is 5.19. The molecule has 2 nitrogen and oxygen atoms in total. The average molecular weight is 208 g/mol. The second-order valence-electron chi connectivity index (χ2n) is 3.96. The van der Waals surface area contributed by atoms with Crippen LogP contribution in [0.2, 0.25) is 0 Å². The Bertz CT molecular complexity index is 266. The summed E-state index contributed by atoms with van der Waals surface area (Å²) >= 11 is 0. The molecule has 0 aliphatic carbocycles. The number of ether oxygens (including phenoxy) is 1. The molecule has 1 atom stereocenters. The molecule has 1 rings (SSSR count). The molecule has 0 heterocycles. The normalized spacial score (nSPS) is 12.5. The zero-order valence-electron chi connectivity index (χ0n) is 9.57. The van der Waals surface area contributed by atoms with E-state index in [-0.39, 0.29) is 12.5 Å². The third-order valence-corrected chi connectivity index (χ3v) is 2.46. The lowest BCUT2D eigenvalue weighted by Gasteiger charge is -2.14. The van der Waals surface area contributed by atoms with Crippen molar-refractivity contribution in [2.75, 3.05) is 13.2 Å². The van der Waals surface area contributed by atoms with E-state index in [1.165, 1.54) is 5.56 Å². The van der Waals surface area contributed by atoms with E-state index < -0.39 is 0 Å². The van der Waals surface area contributed by atoms with E-state index in [0.29, 0.717) is 6.61 Å². The predicted octanol–water partition coefficient (Wildman–Crippen LogP) is 2.78. The molecule has 0 fully saturated rings. The van der Waals surface area contributed by atoms with E-state index >= 15 is 0 Å². The zero-order chi connectivity index (χ0) is 11.1. The quantitative estimate of drug-likeness (QED) is 0.779. The summed E-state index contributed by atoms with van der Waals surface area (Å²) in [5.74, 6) is 1.14. The summed E-state index contributed by atoms with van der Waals surface area (Å²) in [5.41, 5.74) is 1.23. The summed E-state index contributed by atoms with van der Waals surface area (Å²) < 4.78 is 5.61. The Morgan fingerprint density at radius 2 is 1.93 bits per heavy atom. The Hall–Kier alpha value is -1.02. The van der Waals surface area contributed by atoms with Gasteiger partial charge < -0.3 is 9.84 Å². The van der Waals surface area contributed by atoms with Crippen LogP contribution in [0.1, 0.15) is 25.3 Å². The third kappa shape index (κ3) is 4.34. The van der Waals surface area contributed by atoms with E-state index in [2.05, 4.69) is 13.8 Å². The van der Waals surface area contributed by atoms with E-state index in [1.54, 1.807) is 0 Å². The molecular weight excluding hydrogens is 188 g/mol. The Morgan fingerprint density at radius 3 is 2.47 bits per heavy atom. The number of aliphatic hydroxyl groups excluding tert-OH is 1. The van der Waals surface area contributed by atoms with Crippen molar-refractivity contribution in [2.45, 2.75) is 26.7 Å². The van der Waals surface area contributed by atoms with Crippen molar-refractivity contribution in [3.05, 3.63) is 29.8 Å². The number of aryl methyl sites for hydroxylation is 1. The topological polar surface area (TPSA) is 29.5 Å². The number of hydrogen-bond donors (Lipinski definition) is 1. The lowest BCUT2D eigenvalue weighted by molar-refractivity contribution is 0.155. The lowest BCUT2D eigenvalue weighted by Crippen LogP contribution is -2.15. The van der Waals surface area contributed by atoms with Gasteiger partial charge in [-0.3, -0.25) is 0 Å². The van der Waals surface area contributed by atoms with E-state index in [1.807, 2.05) is 24.3 Å². The summed E-state index contributed by atoms with van der Waals surface area (Å²) in [5, 5.41) is 9.10. The van der Waals surface area contributed by atoms with Crippen molar-refractivity contribution in [3.63, 3.8) is 0 Å². The summed E-state index contributed by atoms with van der Waals surface area (Å²) in [7, 11) is 0. The third-order valence-electron chi connectivity index (χ3n) is 2.46. The second-order valence-corrected chi connectivity index (χ2v) is 3.96. The summed E-state index contributed by atoms with van der Waals surface area (Å²) in [6.07, 6.45) is 2.10. The second kappa shape index (κ2) is 6.46. The van der Waals surface area contributed by atoms with Crippen LogP contribution in [0.4, 0.5) is 0 Å². The predicted molar refractivity (Wildman–Crippen MR) is 62.2 cm³/mol. The summed E-state index contributed by atoms with van der Waals surface area (Å²) in [6.45, 7) is 4.99. The van der Waals surface area contributed by atoms with Gasteiger partial charge >= 0.3 is 0 Å². The Morgan fingerprint density at radius 1 is 1.27 bits per heavy atom.